The van der Waals surface area contributed by atoms with Crippen molar-refractivity contribution in [2.75, 3.05) is 12.8 Å². The molecular formula is C17H22N2O2. The molecule has 1 heterocycles. The summed E-state index contributed by atoms with van der Waals surface area (Å²) in [5.74, 6) is 3.05. The lowest BCUT2D eigenvalue weighted by Gasteiger charge is -2.08. The van der Waals surface area contributed by atoms with Crippen LogP contribution in [0, 0.1) is 5.92 Å². The molecule has 0 unspecified atom stereocenters. The van der Waals surface area contributed by atoms with E-state index in [4.69, 9.17) is 15.0 Å². The van der Waals surface area contributed by atoms with Gasteiger partial charge in [-0.05, 0) is 30.0 Å². The number of aryl methyl sites for hydroxylation is 1. The summed E-state index contributed by atoms with van der Waals surface area (Å²) < 4.78 is 10.7. The fraction of sp³-hybridized carbons (Fsp3) is 0.471. The molecule has 0 radical (unpaired) electrons. The predicted molar refractivity (Wildman–Crippen MR) is 83.2 cm³/mol. The molecule has 112 valence electrons. The maximum atomic E-state index is 5.99. The zero-order valence-electron chi connectivity index (χ0n) is 12.5. The third kappa shape index (κ3) is 3.04. The minimum atomic E-state index is 0.474. The van der Waals surface area contributed by atoms with Crippen molar-refractivity contribution < 1.29 is 9.26 Å². The molecule has 0 atom stereocenters. The van der Waals surface area contributed by atoms with E-state index in [2.05, 4.69) is 5.16 Å². The Balaban J connectivity index is 1.78. The van der Waals surface area contributed by atoms with Crippen LogP contribution >= 0.6 is 0 Å². The lowest BCUT2D eigenvalue weighted by molar-refractivity contribution is 0.370. The van der Waals surface area contributed by atoms with Crippen LogP contribution < -0.4 is 10.5 Å². The zero-order valence-corrected chi connectivity index (χ0v) is 12.5. The molecule has 4 nitrogen and oxygen atoms in total. The van der Waals surface area contributed by atoms with Gasteiger partial charge in [0.2, 0.25) is 0 Å². The minimum Gasteiger partial charge on any atom is -0.497 e. The number of nitrogens with two attached hydrogens (primary N) is 1. The van der Waals surface area contributed by atoms with E-state index in [1.54, 1.807) is 7.11 Å². The Kier molecular flexibility index (Phi) is 4.13. The van der Waals surface area contributed by atoms with E-state index in [0.29, 0.717) is 5.82 Å². The SMILES string of the molecule is COc1ccc(-c2c(N)noc2CCC2CCCC2)cc1. The van der Waals surface area contributed by atoms with Gasteiger partial charge in [-0.3, -0.25) is 0 Å². The van der Waals surface area contributed by atoms with Crippen LogP contribution in [0.4, 0.5) is 5.82 Å². The van der Waals surface area contributed by atoms with Crippen molar-refractivity contribution in [2.24, 2.45) is 5.92 Å². The quantitative estimate of drug-likeness (QED) is 0.900. The maximum absolute atomic E-state index is 5.99. The van der Waals surface area contributed by atoms with Crippen molar-refractivity contribution in [1.82, 2.24) is 5.16 Å². The van der Waals surface area contributed by atoms with Gasteiger partial charge in [0, 0.05) is 6.42 Å². The molecule has 1 aromatic carbocycles. The lowest BCUT2D eigenvalue weighted by Crippen LogP contribution is -1.97. The molecule has 1 saturated carbocycles. The van der Waals surface area contributed by atoms with E-state index >= 15 is 0 Å². The highest BCUT2D eigenvalue weighted by molar-refractivity contribution is 5.75. The number of methoxy groups -OCH3 is 1. The van der Waals surface area contributed by atoms with E-state index in [9.17, 15) is 0 Å². The van der Waals surface area contributed by atoms with Gasteiger partial charge < -0.3 is 15.0 Å². The Morgan fingerprint density at radius 1 is 1.24 bits per heavy atom. The monoisotopic (exact) mass is 286 g/mol. The molecule has 4 heteroatoms. The molecule has 1 aliphatic rings. The van der Waals surface area contributed by atoms with E-state index in [1.807, 2.05) is 24.3 Å². The number of hydrogen-bond acceptors (Lipinski definition) is 4. The van der Waals surface area contributed by atoms with Crippen molar-refractivity contribution in [2.45, 2.75) is 38.5 Å². The normalized spacial score (nSPS) is 15.5. The van der Waals surface area contributed by atoms with Gasteiger partial charge in [0.05, 0.1) is 12.7 Å². The third-order valence-corrected chi connectivity index (χ3v) is 4.42. The van der Waals surface area contributed by atoms with Crippen LogP contribution in [0.5, 0.6) is 5.75 Å². The fourth-order valence-electron chi connectivity index (χ4n) is 3.21. The molecule has 1 aromatic heterocycles. The van der Waals surface area contributed by atoms with E-state index in [1.165, 1.54) is 25.7 Å². The number of nitrogen functional groups attached to an aromatic ring is 1. The Morgan fingerprint density at radius 2 is 1.95 bits per heavy atom. The lowest BCUT2D eigenvalue weighted by atomic mass is 9.97. The predicted octanol–water partition coefficient (Wildman–Crippen LogP) is 4.06. The number of aromatic nitrogens is 1. The van der Waals surface area contributed by atoms with Crippen LogP contribution in [-0.4, -0.2) is 12.3 Å². The molecule has 1 fully saturated rings. The Labute approximate surface area is 125 Å². The largest absolute Gasteiger partial charge is 0.497 e. The van der Waals surface area contributed by atoms with Gasteiger partial charge in [-0.15, -0.1) is 0 Å². The van der Waals surface area contributed by atoms with Gasteiger partial charge in [0.1, 0.15) is 11.5 Å². The zero-order chi connectivity index (χ0) is 14.7. The van der Waals surface area contributed by atoms with Crippen LogP contribution in [0.15, 0.2) is 28.8 Å². The smallest absolute Gasteiger partial charge is 0.175 e. The van der Waals surface area contributed by atoms with Crippen molar-refractivity contribution >= 4 is 5.82 Å². The van der Waals surface area contributed by atoms with Crippen LogP contribution in [0.1, 0.15) is 37.9 Å². The van der Waals surface area contributed by atoms with Crippen molar-refractivity contribution in [3.8, 4) is 16.9 Å². The molecule has 3 rings (SSSR count). The first-order chi connectivity index (χ1) is 10.3. The molecule has 21 heavy (non-hydrogen) atoms. The highest BCUT2D eigenvalue weighted by Crippen LogP contribution is 2.34. The second kappa shape index (κ2) is 6.20. The average molecular weight is 286 g/mol. The number of hydrogen-bond donors (Lipinski definition) is 1. The van der Waals surface area contributed by atoms with Gasteiger partial charge in [0.25, 0.3) is 0 Å². The second-order valence-electron chi connectivity index (χ2n) is 5.78. The molecule has 0 spiro atoms. The van der Waals surface area contributed by atoms with Crippen LogP contribution in [-0.2, 0) is 6.42 Å². The van der Waals surface area contributed by atoms with Gasteiger partial charge in [-0.2, -0.15) is 0 Å². The van der Waals surface area contributed by atoms with Crippen molar-refractivity contribution in [1.29, 1.82) is 0 Å². The van der Waals surface area contributed by atoms with Gasteiger partial charge >= 0.3 is 0 Å². The maximum Gasteiger partial charge on any atom is 0.175 e. The fourth-order valence-corrected chi connectivity index (χ4v) is 3.21. The number of rotatable bonds is 5. The summed E-state index contributed by atoms with van der Waals surface area (Å²) in [7, 11) is 1.66. The molecule has 1 aliphatic carbocycles. The molecule has 0 amide bonds. The van der Waals surface area contributed by atoms with Crippen LogP contribution in [0.3, 0.4) is 0 Å². The first-order valence-corrected chi connectivity index (χ1v) is 7.66. The summed E-state index contributed by atoms with van der Waals surface area (Å²) in [6.45, 7) is 0. The Bertz CT molecular complexity index is 583. The van der Waals surface area contributed by atoms with Crippen molar-refractivity contribution in [3.05, 3.63) is 30.0 Å². The summed E-state index contributed by atoms with van der Waals surface area (Å²) in [6, 6.07) is 7.87. The summed E-state index contributed by atoms with van der Waals surface area (Å²) in [5.41, 5.74) is 7.97. The number of nitrogens with zero attached hydrogens (tertiary/aromatic N) is 1. The molecular weight excluding hydrogens is 264 g/mol. The minimum absolute atomic E-state index is 0.474. The summed E-state index contributed by atoms with van der Waals surface area (Å²) in [5, 5.41) is 3.95. The Morgan fingerprint density at radius 3 is 2.62 bits per heavy atom. The number of anilines is 1. The van der Waals surface area contributed by atoms with E-state index < -0.39 is 0 Å². The summed E-state index contributed by atoms with van der Waals surface area (Å²) in [4.78, 5) is 0. The van der Waals surface area contributed by atoms with Crippen LogP contribution in [0.25, 0.3) is 11.1 Å². The van der Waals surface area contributed by atoms with Gasteiger partial charge in [-0.1, -0.05) is 43.0 Å². The summed E-state index contributed by atoms with van der Waals surface area (Å²) >= 11 is 0. The number of ether oxygens (including phenoxy) is 1. The molecule has 0 bridgehead atoms. The molecule has 0 saturated heterocycles. The van der Waals surface area contributed by atoms with Crippen molar-refractivity contribution in [3.63, 3.8) is 0 Å². The first kappa shape index (κ1) is 14.0. The van der Waals surface area contributed by atoms with Gasteiger partial charge in [0.15, 0.2) is 5.82 Å². The third-order valence-electron chi connectivity index (χ3n) is 4.42. The average Bonchev–Trinajstić information content (AvgIpc) is 3.15. The van der Waals surface area contributed by atoms with E-state index in [-0.39, 0.29) is 0 Å². The molecule has 2 N–H and O–H groups in total. The number of benzene rings is 1. The van der Waals surface area contributed by atoms with Crippen LogP contribution in [0.2, 0.25) is 0 Å². The Hall–Kier alpha value is -1.97. The molecule has 0 aliphatic heterocycles. The summed E-state index contributed by atoms with van der Waals surface area (Å²) in [6.07, 6.45) is 7.51. The topological polar surface area (TPSA) is 61.3 Å². The highest BCUT2D eigenvalue weighted by Gasteiger charge is 2.19. The molecule has 2 aromatic rings. The second-order valence-corrected chi connectivity index (χ2v) is 5.78. The van der Waals surface area contributed by atoms with E-state index in [0.717, 1.165) is 41.4 Å². The van der Waals surface area contributed by atoms with Gasteiger partial charge in [-0.25, -0.2) is 0 Å². The standard InChI is InChI=1S/C17H22N2O2/c1-20-14-9-7-13(8-10-14)16-15(21-19-17(16)18)11-6-12-4-2-3-5-12/h7-10,12H,2-6,11H2,1H3,(H2,18,19). The first-order valence-electron chi connectivity index (χ1n) is 7.66. The highest BCUT2D eigenvalue weighted by atomic mass is 16.5.